The second-order valence-electron chi connectivity index (χ2n) is 12.2. The summed E-state index contributed by atoms with van der Waals surface area (Å²) in [6.45, 7) is 10.5. The molecule has 41 heavy (non-hydrogen) atoms. The van der Waals surface area contributed by atoms with Crippen LogP contribution < -0.4 is 0 Å². The van der Waals surface area contributed by atoms with E-state index in [1.165, 1.54) is 61.5 Å². The highest BCUT2D eigenvalue weighted by atomic mass is 16.2. The fourth-order valence-electron chi connectivity index (χ4n) is 5.50. The molecule has 0 saturated carbocycles. The zero-order chi connectivity index (χ0) is 29.5. The first kappa shape index (κ1) is 32.4. The van der Waals surface area contributed by atoms with Gasteiger partial charge < -0.3 is 14.8 Å². The summed E-state index contributed by atoms with van der Waals surface area (Å²) >= 11 is 0. The number of amides is 2. The Kier molecular flexibility index (Phi) is 14.0. The van der Waals surface area contributed by atoms with Gasteiger partial charge in [-0.2, -0.15) is 0 Å². The Hall–Kier alpha value is -3.08. The van der Waals surface area contributed by atoms with Gasteiger partial charge in [0.2, 0.25) is 11.8 Å². The Bertz CT molecular complexity index is 1180. The number of nitrogens with one attached hydrogen (secondary N) is 1. The minimum Gasteiger partial charge on any atom is -0.361 e. The number of rotatable bonds is 19. The number of fused-ring (bicyclic) bond motifs is 1. The molecule has 0 bridgehead atoms. The lowest BCUT2D eigenvalue weighted by atomic mass is 10.1. The number of aromatic amines is 1. The van der Waals surface area contributed by atoms with Gasteiger partial charge >= 0.3 is 0 Å². The number of H-pyrrole nitrogens is 1. The molecule has 0 saturated heterocycles. The van der Waals surface area contributed by atoms with E-state index < -0.39 is 0 Å². The molecule has 1 heterocycles. The summed E-state index contributed by atoms with van der Waals surface area (Å²) in [5.74, 6) is 0.444. The average molecular weight is 560 g/mol. The number of hydrogen-bond acceptors (Lipinski definition) is 2. The highest BCUT2D eigenvalue weighted by molar-refractivity contribution is 5.85. The molecule has 3 aromatic rings. The Morgan fingerprint density at radius 1 is 0.805 bits per heavy atom. The van der Waals surface area contributed by atoms with Crippen molar-refractivity contribution >= 4 is 22.7 Å². The third-order valence-electron chi connectivity index (χ3n) is 7.93. The number of unbranched alkanes of at least 4 members (excludes halogenated alkanes) is 8. The van der Waals surface area contributed by atoms with Crippen molar-refractivity contribution in [2.24, 2.45) is 5.92 Å². The number of nitrogens with zero attached hydrogens (tertiary/aromatic N) is 2. The van der Waals surface area contributed by atoms with Gasteiger partial charge in [0.25, 0.3) is 0 Å². The van der Waals surface area contributed by atoms with E-state index in [2.05, 4.69) is 81.3 Å². The monoisotopic (exact) mass is 559 g/mol. The van der Waals surface area contributed by atoms with Crippen LogP contribution in [0.15, 0.2) is 54.7 Å². The molecule has 0 fully saturated rings. The summed E-state index contributed by atoms with van der Waals surface area (Å²) in [4.78, 5) is 34.2. The largest absolute Gasteiger partial charge is 0.361 e. The zero-order valence-corrected chi connectivity index (χ0v) is 26.1. The lowest BCUT2D eigenvalue weighted by Crippen LogP contribution is -2.44. The van der Waals surface area contributed by atoms with Crippen molar-refractivity contribution in [2.75, 3.05) is 19.6 Å². The van der Waals surface area contributed by atoms with Crippen LogP contribution >= 0.6 is 0 Å². The summed E-state index contributed by atoms with van der Waals surface area (Å²) in [7, 11) is 0. The standard InChI is InChI=1S/C36H53N3O2/c1-5-6-7-8-9-10-11-12-13-18-35(40)39(26-29(2)3)28-36(41)38(27-31-21-19-30(4)20-22-31)24-23-32-25-37-34-17-15-14-16-33(32)34/h14-17,19-22,25,29,37H,5-13,18,23-24,26-28H2,1-4H3. The van der Waals surface area contributed by atoms with Gasteiger partial charge in [0.1, 0.15) is 0 Å². The van der Waals surface area contributed by atoms with E-state index in [1.54, 1.807) is 0 Å². The van der Waals surface area contributed by atoms with Gasteiger partial charge in [-0.3, -0.25) is 9.59 Å². The van der Waals surface area contributed by atoms with Gasteiger partial charge in [0.15, 0.2) is 0 Å². The van der Waals surface area contributed by atoms with Crippen molar-refractivity contribution in [2.45, 2.75) is 105 Å². The molecule has 1 N–H and O–H groups in total. The van der Waals surface area contributed by atoms with E-state index in [0.29, 0.717) is 32.0 Å². The third kappa shape index (κ3) is 11.4. The van der Waals surface area contributed by atoms with Gasteiger partial charge in [0.05, 0.1) is 6.54 Å². The third-order valence-corrected chi connectivity index (χ3v) is 7.93. The average Bonchev–Trinajstić information content (AvgIpc) is 3.37. The van der Waals surface area contributed by atoms with Crippen LogP contribution in [0.25, 0.3) is 10.9 Å². The van der Waals surface area contributed by atoms with Crippen LogP contribution in [-0.4, -0.2) is 46.2 Å². The summed E-state index contributed by atoms with van der Waals surface area (Å²) in [5.41, 5.74) is 4.64. The van der Waals surface area contributed by atoms with Crippen LogP contribution in [0.1, 0.15) is 102 Å². The molecule has 5 heteroatoms. The molecule has 3 rings (SSSR count). The Morgan fingerprint density at radius 2 is 1.46 bits per heavy atom. The first-order valence-electron chi connectivity index (χ1n) is 16.0. The quantitative estimate of drug-likeness (QED) is 0.150. The molecule has 2 aromatic carbocycles. The maximum atomic E-state index is 13.8. The van der Waals surface area contributed by atoms with Gasteiger partial charge in [0, 0.05) is 43.2 Å². The summed E-state index contributed by atoms with van der Waals surface area (Å²) < 4.78 is 0. The van der Waals surface area contributed by atoms with E-state index in [0.717, 1.165) is 30.3 Å². The summed E-state index contributed by atoms with van der Waals surface area (Å²) in [5, 5.41) is 1.20. The normalized spacial score (nSPS) is 11.3. The van der Waals surface area contributed by atoms with Crippen molar-refractivity contribution in [1.82, 2.24) is 14.8 Å². The lowest BCUT2D eigenvalue weighted by molar-refractivity contribution is -0.141. The lowest BCUT2D eigenvalue weighted by Gasteiger charge is -2.29. The van der Waals surface area contributed by atoms with E-state index >= 15 is 0 Å². The number of aromatic nitrogens is 1. The predicted molar refractivity (Wildman–Crippen MR) is 172 cm³/mol. The Balaban J connectivity index is 1.59. The fourth-order valence-corrected chi connectivity index (χ4v) is 5.50. The van der Waals surface area contributed by atoms with Crippen LogP contribution in [0.2, 0.25) is 0 Å². The molecule has 2 amide bonds. The maximum Gasteiger partial charge on any atom is 0.242 e. The number of carbonyl (C=O) groups is 2. The van der Waals surface area contributed by atoms with E-state index in [9.17, 15) is 9.59 Å². The topological polar surface area (TPSA) is 56.4 Å². The molecule has 0 radical (unpaired) electrons. The first-order valence-corrected chi connectivity index (χ1v) is 16.0. The van der Waals surface area contributed by atoms with Crippen molar-refractivity contribution in [1.29, 1.82) is 0 Å². The van der Waals surface area contributed by atoms with Crippen LogP contribution in [0.5, 0.6) is 0 Å². The fraction of sp³-hybridized carbons (Fsp3) is 0.556. The van der Waals surface area contributed by atoms with Crippen molar-refractivity contribution < 1.29 is 9.59 Å². The molecular weight excluding hydrogens is 506 g/mol. The molecule has 0 atom stereocenters. The molecule has 5 nitrogen and oxygen atoms in total. The summed E-state index contributed by atoms with van der Waals surface area (Å²) in [6.07, 6.45) is 14.4. The zero-order valence-electron chi connectivity index (χ0n) is 26.1. The predicted octanol–water partition coefficient (Wildman–Crippen LogP) is 8.45. The molecule has 1 aromatic heterocycles. The van der Waals surface area contributed by atoms with E-state index in [1.807, 2.05) is 15.9 Å². The molecule has 224 valence electrons. The van der Waals surface area contributed by atoms with E-state index in [-0.39, 0.29) is 18.4 Å². The van der Waals surface area contributed by atoms with Crippen molar-refractivity contribution in [3.8, 4) is 0 Å². The highest BCUT2D eigenvalue weighted by Gasteiger charge is 2.22. The second-order valence-corrected chi connectivity index (χ2v) is 12.2. The SMILES string of the molecule is CCCCCCCCCCCC(=O)N(CC(=O)N(CCc1c[nH]c2ccccc12)Cc1ccc(C)cc1)CC(C)C. The Labute approximate surface area is 248 Å². The number of carbonyl (C=O) groups excluding carboxylic acids is 2. The number of hydrogen-bond donors (Lipinski definition) is 1. The minimum atomic E-state index is 0.0199. The number of para-hydroxylation sites is 1. The Morgan fingerprint density at radius 3 is 2.15 bits per heavy atom. The number of benzene rings is 2. The van der Waals surface area contributed by atoms with Gasteiger partial charge in [-0.25, -0.2) is 0 Å². The maximum absolute atomic E-state index is 13.8. The van der Waals surface area contributed by atoms with Crippen molar-refractivity contribution in [3.05, 3.63) is 71.4 Å². The van der Waals surface area contributed by atoms with Crippen molar-refractivity contribution in [3.63, 3.8) is 0 Å². The smallest absolute Gasteiger partial charge is 0.242 e. The summed E-state index contributed by atoms with van der Waals surface area (Å²) in [6, 6.07) is 16.7. The highest BCUT2D eigenvalue weighted by Crippen LogP contribution is 2.19. The molecule has 0 aliphatic carbocycles. The van der Waals surface area contributed by atoms with Gasteiger partial charge in [-0.05, 0) is 42.9 Å². The minimum absolute atomic E-state index is 0.0199. The van der Waals surface area contributed by atoms with Crippen LogP contribution in [0, 0.1) is 12.8 Å². The van der Waals surface area contributed by atoms with E-state index in [4.69, 9.17) is 0 Å². The first-order chi connectivity index (χ1) is 19.9. The van der Waals surface area contributed by atoms with Gasteiger partial charge in [-0.15, -0.1) is 0 Å². The molecule has 0 aliphatic rings. The van der Waals surface area contributed by atoms with Crippen LogP contribution in [0.4, 0.5) is 0 Å². The molecular formula is C36H53N3O2. The van der Waals surface area contributed by atoms with Gasteiger partial charge in [-0.1, -0.05) is 120 Å². The molecule has 0 unspecified atom stereocenters. The van der Waals surface area contributed by atoms with Crippen LogP contribution in [-0.2, 0) is 22.6 Å². The van der Waals surface area contributed by atoms with Crippen LogP contribution in [0.3, 0.4) is 0 Å². The molecule has 0 aliphatic heterocycles. The number of aryl methyl sites for hydroxylation is 1. The molecule has 0 spiro atoms. The second kappa shape index (κ2) is 17.7.